The van der Waals surface area contributed by atoms with Crippen LogP contribution in [0.4, 0.5) is 0 Å². The molecule has 9 nitrogen and oxygen atoms in total. The maximum atomic E-state index is 10.5. The Labute approximate surface area is 198 Å². The molecule has 0 amide bonds. The van der Waals surface area contributed by atoms with Crippen molar-refractivity contribution in [2.75, 3.05) is 66.0 Å². The van der Waals surface area contributed by atoms with Crippen LogP contribution in [0.1, 0.15) is 17.2 Å². The molecule has 0 bridgehead atoms. The second-order valence-corrected chi connectivity index (χ2v) is 7.21. The quantitative estimate of drug-likeness (QED) is 0.148. The van der Waals surface area contributed by atoms with E-state index in [4.69, 9.17) is 40.8 Å². The van der Waals surface area contributed by atoms with Crippen molar-refractivity contribution in [3.63, 3.8) is 0 Å². The summed E-state index contributed by atoms with van der Waals surface area (Å²) >= 11 is 5.89. The summed E-state index contributed by atoms with van der Waals surface area (Å²) in [5.74, 6) is 0.709. The van der Waals surface area contributed by atoms with E-state index in [0.717, 1.165) is 11.1 Å². The molecule has 0 aliphatic carbocycles. The van der Waals surface area contributed by atoms with E-state index in [1.54, 1.807) is 24.3 Å². The maximum Gasteiger partial charge on any atom is 0.119 e. The van der Waals surface area contributed by atoms with Crippen LogP contribution in [-0.4, -0.2) is 71.1 Å². The van der Waals surface area contributed by atoms with Gasteiger partial charge in [-0.1, -0.05) is 41.0 Å². The van der Waals surface area contributed by atoms with Crippen molar-refractivity contribution in [3.8, 4) is 5.75 Å². The highest BCUT2D eigenvalue weighted by Crippen LogP contribution is 2.25. The summed E-state index contributed by atoms with van der Waals surface area (Å²) in [7, 11) is 0. The Morgan fingerprint density at radius 3 is 1.70 bits per heavy atom. The Balaban J connectivity index is 1.44. The molecule has 0 heterocycles. The van der Waals surface area contributed by atoms with Gasteiger partial charge in [0.25, 0.3) is 0 Å². The smallest absolute Gasteiger partial charge is 0.119 e. The fraction of sp³-hybridized carbons (Fsp3) is 0.478. The van der Waals surface area contributed by atoms with Gasteiger partial charge in [-0.25, -0.2) is 0 Å². The molecular formula is C23H30ClN3O6. The first-order valence-corrected chi connectivity index (χ1v) is 11.1. The van der Waals surface area contributed by atoms with Crippen LogP contribution in [0, 0.1) is 0 Å². The number of halogens is 1. The molecule has 0 saturated carbocycles. The molecule has 10 heteroatoms. The van der Waals surface area contributed by atoms with Gasteiger partial charge in [-0.3, -0.25) is 0 Å². The van der Waals surface area contributed by atoms with Crippen LogP contribution in [0.5, 0.6) is 5.75 Å². The lowest BCUT2D eigenvalue weighted by atomic mass is 10.0. The van der Waals surface area contributed by atoms with Crippen molar-refractivity contribution in [2.45, 2.75) is 6.10 Å². The second kappa shape index (κ2) is 17.2. The van der Waals surface area contributed by atoms with Crippen LogP contribution in [0.2, 0.25) is 5.02 Å². The molecule has 0 aliphatic rings. The zero-order valence-corrected chi connectivity index (χ0v) is 19.2. The topological polar surface area (TPSA) is 115 Å². The van der Waals surface area contributed by atoms with Crippen LogP contribution >= 0.6 is 11.6 Å². The number of hydrogen-bond donors (Lipinski definition) is 1. The monoisotopic (exact) mass is 479 g/mol. The third-order valence-electron chi connectivity index (χ3n) is 4.39. The number of aliphatic hydroxyl groups is 1. The molecule has 2 aromatic carbocycles. The van der Waals surface area contributed by atoms with Gasteiger partial charge in [0.1, 0.15) is 18.5 Å². The van der Waals surface area contributed by atoms with Gasteiger partial charge >= 0.3 is 0 Å². The van der Waals surface area contributed by atoms with Crippen LogP contribution in [-0.2, 0) is 18.9 Å². The number of ether oxygens (including phenoxy) is 5. The van der Waals surface area contributed by atoms with Crippen molar-refractivity contribution < 1.29 is 28.8 Å². The molecule has 1 unspecified atom stereocenters. The average molecular weight is 480 g/mol. The molecule has 1 atom stereocenters. The SMILES string of the molecule is [N-]=[N+]=NCCOCCOCCOCCOCCOc1ccc(C(O)c2ccc(Cl)cc2)cc1. The predicted octanol–water partition coefficient (Wildman–Crippen LogP) is 4.18. The molecule has 1 N–H and O–H groups in total. The normalized spacial score (nSPS) is 11.7. The van der Waals surface area contributed by atoms with Crippen molar-refractivity contribution >= 4 is 11.6 Å². The van der Waals surface area contributed by atoms with E-state index in [-0.39, 0.29) is 0 Å². The van der Waals surface area contributed by atoms with Crippen molar-refractivity contribution in [3.05, 3.63) is 75.1 Å². The Morgan fingerprint density at radius 1 is 0.727 bits per heavy atom. The minimum Gasteiger partial charge on any atom is -0.491 e. The first-order chi connectivity index (χ1) is 16.2. The van der Waals surface area contributed by atoms with E-state index in [0.29, 0.717) is 76.8 Å². The van der Waals surface area contributed by atoms with Gasteiger partial charge in [0.2, 0.25) is 0 Å². The molecule has 0 spiro atoms. The highest BCUT2D eigenvalue weighted by atomic mass is 35.5. The van der Waals surface area contributed by atoms with E-state index in [1.165, 1.54) is 0 Å². The second-order valence-electron chi connectivity index (χ2n) is 6.78. The minimum absolute atomic E-state index is 0.326. The maximum absolute atomic E-state index is 10.5. The molecule has 0 aliphatic heterocycles. The Kier molecular flexibility index (Phi) is 14.0. The molecule has 0 fully saturated rings. The molecule has 2 rings (SSSR count). The first-order valence-electron chi connectivity index (χ1n) is 10.7. The van der Waals surface area contributed by atoms with E-state index in [9.17, 15) is 5.11 Å². The number of aliphatic hydroxyl groups excluding tert-OH is 1. The minimum atomic E-state index is -0.714. The van der Waals surface area contributed by atoms with Gasteiger partial charge < -0.3 is 28.8 Å². The summed E-state index contributed by atoms with van der Waals surface area (Å²) in [6.07, 6.45) is -0.714. The molecule has 180 valence electrons. The Morgan fingerprint density at radius 2 is 1.18 bits per heavy atom. The molecule has 0 aromatic heterocycles. The van der Waals surface area contributed by atoms with Gasteiger partial charge in [0.15, 0.2) is 0 Å². The summed E-state index contributed by atoms with van der Waals surface area (Å²) in [6, 6.07) is 14.4. The van der Waals surface area contributed by atoms with Crippen molar-refractivity contribution in [1.29, 1.82) is 0 Å². The van der Waals surface area contributed by atoms with E-state index in [2.05, 4.69) is 10.0 Å². The summed E-state index contributed by atoms with van der Waals surface area (Å²) in [5, 5.41) is 14.5. The van der Waals surface area contributed by atoms with Crippen LogP contribution in [0.25, 0.3) is 10.4 Å². The zero-order valence-electron chi connectivity index (χ0n) is 18.5. The van der Waals surface area contributed by atoms with E-state index < -0.39 is 6.10 Å². The predicted molar refractivity (Wildman–Crippen MR) is 125 cm³/mol. The lowest BCUT2D eigenvalue weighted by Crippen LogP contribution is -2.14. The van der Waals surface area contributed by atoms with Gasteiger partial charge in [0.05, 0.1) is 52.9 Å². The molecule has 33 heavy (non-hydrogen) atoms. The van der Waals surface area contributed by atoms with Gasteiger partial charge in [-0.2, -0.15) is 0 Å². The summed E-state index contributed by atoms with van der Waals surface area (Å²) in [6.45, 7) is 4.41. The van der Waals surface area contributed by atoms with Crippen LogP contribution < -0.4 is 4.74 Å². The van der Waals surface area contributed by atoms with Gasteiger partial charge in [0, 0.05) is 16.5 Å². The third kappa shape index (κ3) is 11.9. The van der Waals surface area contributed by atoms with E-state index in [1.807, 2.05) is 24.3 Å². The first kappa shape index (κ1) is 26.9. The summed E-state index contributed by atoms with van der Waals surface area (Å²) < 4.78 is 27.1. The standard InChI is InChI=1S/C23H30ClN3O6/c24-21-5-1-19(2-6-21)23(28)20-3-7-22(8-4-20)33-18-17-32-16-15-31-14-13-30-12-11-29-10-9-26-27-25/h1-8,23,28H,9-18H2. The van der Waals surface area contributed by atoms with E-state index >= 15 is 0 Å². The summed E-state index contributed by atoms with van der Waals surface area (Å²) in [5.41, 5.74) is 9.67. The lowest BCUT2D eigenvalue weighted by molar-refractivity contribution is -0.00386. The molecule has 0 saturated heterocycles. The Hall–Kier alpha value is -2.36. The fourth-order valence-corrected chi connectivity index (χ4v) is 2.84. The number of rotatable bonds is 18. The largest absolute Gasteiger partial charge is 0.491 e. The highest BCUT2D eigenvalue weighted by Gasteiger charge is 2.10. The lowest BCUT2D eigenvalue weighted by Gasteiger charge is -2.13. The number of hydrogen-bond acceptors (Lipinski definition) is 7. The number of azide groups is 1. The fourth-order valence-electron chi connectivity index (χ4n) is 2.71. The number of nitrogens with zero attached hydrogens (tertiary/aromatic N) is 3. The summed E-state index contributed by atoms with van der Waals surface area (Å²) in [4.78, 5) is 2.64. The average Bonchev–Trinajstić information content (AvgIpc) is 2.84. The Bertz CT molecular complexity index is 816. The molecule has 0 radical (unpaired) electrons. The third-order valence-corrected chi connectivity index (χ3v) is 4.64. The molecular weight excluding hydrogens is 450 g/mol. The molecule has 2 aromatic rings. The van der Waals surface area contributed by atoms with Crippen molar-refractivity contribution in [2.24, 2.45) is 5.11 Å². The van der Waals surface area contributed by atoms with Crippen molar-refractivity contribution in [1.82, 2.24) is 0 Å². The van der Waals surface area contributed by atoms with Crippen LogP contribution in [0.15, 0.2) is 53.6 Å². The zero-order chi connectivity index (χ0) is 23.6. The highest BCUT2D eigenvalue weighted by molar-refractivity contribution is 6.30. The van der Waals surface area contributed by atoms with Gasteiger partial charge in [-0.15, -0.1) is 0 Å². The van der Waals surface area contributed by atoms with Crippen LogP contribution in [0.3, 0.4) is 0 Å². The number of benzene rings is 2. The van der Waals surface area contributed by atoms with Gasteiger partial charge in [-0.05, 0) is 40.9 Å².